The molecule has 0 radical (unpaired) electrons. The maximum atomic E-state index is 8.66. The largest absolute Gasteiger partial charge is 0.396 e. The summed E-state index contributed by atoms with van der Waals surface area (Å²) >= 11 is 0. The van der Waals surface area contributed by atoms with Crippen LogP contribution < -0.4 is 0 Å². The molecule has 1 unspecified atom stereocenters. The lowest BCUT2D eigenvalue weighted by atomic mass is 9.85. The van der Waals surface area contributed by atoms with E-state index in [-0.39, 0.29) is 5.60 Å². The summed E-state index contributed by atoms with van der Waals surface area (Å²) in [5.41, 5.74) is 0.164. The monoisotopic (exact) mass is 158 g/mol. The van der Waals surface area contributed by atoms with E-state index in [4.69, 9.17) is 9.84 Å². The van der Waals surface area contributed by atoms with Crippen molar-refractivity contribution >= 4 is 0 Å². The van der Waals surface area contributed by atoms with Crippen LogP contribution in [0.3, 0.4) is 0 Å². The van der Waals surface area contributed by atoms with E-state index in [9.17, 15) is 0 Å². The molecule has 1 rings (SSSR count). The molecule has 1 aliphatic rings. The van der Waals surface area contributed by atoms with Crippen LogP contribution in [-0.2, 0) is 4.74 Å². The fourth-order valence-corrected chi connectivity index (χ4v) is 1.77. The van der Waals surface area contributed by atoms with Crippen molar-refractivity contribution in [2.24, 2.45) is 0 Å². The third-order valence-electron chi connectivity index (χ3n) is 2.46. The summed E-state index contributed by atoms with van der Waals surface area (Å²) in [6.07, 6.45) is 5.47. The van der Waals surface area contributed by atoms with Gasteiger partial charge in [0.25, 0.3) is 0 Å². The van der Waals surface area contributed by atoms with Crippen LogP contribution >= 0.6 is 0 Å². The van der Waals surface area contributed by atoms with Crippen molar-refractivity contribution in [2.75, 3.05) is 13.2 Å². The number of hydrogen-bond acceptors (Lipinski definition) is 2. The standard InChI is InChI=1S/C9H18O2/c1-2-4-9(5-3-7-10)6-8-11-9/h10H,2-8H2,1H3. The Morgan fingerprint density at radius 3 is 2.55 bits per heavy atom. The van der Waals surface area contributed by atoms with E-state index in [1.54, 1.807) is 0 Å². The van der Waals surface area contributed by atoms with Crippen molar-refractivity contribution < 1.29 is 9.84 Å². The smallest absolute Gasteiger partial charge is 0.0705 e. The van der Waals surface area contributed by atoms with E-state index >= 15 is 0 Å². The molecule has 66 valence electrons. The van der Waals surface area contributed by atoms with Gasteiger partial charge in [-0.15, -0.1) is 0 Å². The Hall–Kier alpha value is -0.0800. The molecule has 1 atom stereocenters. The van der Waals surface area contributed by atoms with E-state index < -0.39 is 0 Å². The molecule has 1 N–H and O–H groups in total. The molecule has 0 aromatic heterocycles. The van der Waals surface area contributed by atoms with Gasteiger partial charge in [0.05, 0.1) is 12.2 Å². The Balaban J connectivity index is 2.22. The minimum atomic E-state index is 0.164. The first-order valence-corrected chi connectivity index (χ1v) is 4.58. The van der Waals surface area contributed by atoms with Crippen molar-refractivity contribution in [1.82, 2.24) is 0 Å². The minimum absolute atomic E-state index is 0.164. The summed E-state index contributed by atoms with van der Waals surface area (Å²) in [5.74, 6) is 0. The SMILES string of the molecule is CCCC1(CCCO)CCO1. The van der Waals surface area contributed by atoms with Gasteiger partial charge in [-0.3, -0.25) is 0 Å². The fraction of sp³-hybridized carbons (Fsp3) is 1.00. The molecule has 0 amide bonds. The van der Waals surface area contributed by atoms with E-state index in [1.807, 2.05) is 0 Å². The van der Waals surface area contributed by atoms with Gasteiger partial charge in [0, 0.05) is 6.61 Å². The van der Waals surface area contributed by atoms with Crippen LogP contribution in [0.5, 0.6) is 0 Å². The Morgan fingerprint density at radius 1 is 1.45 bits per heavy atom. The Labute approximate surface area is 68.6 Å². The van der Waals surface area contributed by atoms with Crippen LogP contribution in [0.25, 0.3) is 0 Å². The summed E-state index contributed by atoms with van der Waals surface area (Å²) in [7, 11) is 0. The van der Waals surface area contributed by atoms with Crippen LogP contribution in [-0.4, -0.2) is 23.9 Å². The highest BCUT2D eigenvalue weighted by molar-refractivity contribution is 4.86. The predicted molar refractivity (Wildman–Crippen MR) is 44.5 cm³/mol. The van der Waals surface area contributed by atoms with Crippen LogP contribution in [0, 0.1) is 0 Å². The van der Waals surface area contributed by atoms with E-state index in [0.29, 0.717) is 6.61 Å². The number of ether oxygens (including phenoxy) is 1. The molecular weight excluding hydrogens is 140 g/mol. The fourth-order valence-electron chi connectivity index (χ4n) is 1.77. The molecule has 0 aromatic carbocycles. The molecule has 0 spiro atoms. The summed E-state index contributed by atoms with van der Waals surface area (Å²) < 4.78 is 5.55. The van der Waals surface area contributed by atoms with Gasteiger partial charge < -0.3 is 9.84 Å². The second kappa shape index (κ2) is 4.07. The lowest BCUT2D eigenvalue weighted by Gasteiger charge is -2.42. The summed E-state index contributed by atoms with van der Waals surface area (Å²) in [6.45, 7) is 3.41. The van der Waals surface area contributed by atoms with Gasteiger partial charge in [-0.25, -0.2) is 0 Å². The first-order chi connectivity index (χ1) is 5.33. The van der Waals surface area contributed by atoms with Gasteiger partial charge in [0.2, 0.25) is 0 Å². The molecule has 1 saturated heterocycles. The van der Waals surface area contributed by atoms with Crippen molar-refractivity contribution in [3.63, 3.8) is 0 Å². The average Bonchev–Trinajstić information content (AvgIpc) is 1.95. The Kier molecular flexibility index (Phi) is 3.34. The zero-order valence-electron chi connectivity index (χ0n) is 7.31. The normalized spacial score (nSPS) is 30.0. The maximum Gasteiger partial charge on any atom is 0.0705 e. The van der Waals surface area contributed by atoms with Gasteiger partial charge in [0.1, 0.15) is 0 Å². The topological polar surface area (TPSA) is 29.5 Å². The number of aliphatic hydroxyl groups excluding tert-OH is 1. The highest BCUT2D eigenvalue weighted by atomic mass is 16.5. The number of rotatable bonds is 5. The van der Waals surface area contributed by atoms with Crippen molar-refractivity contribution in [3.05, 3.63) is 0 Å². The van der Waals surface area contributed by atoms with Crippen LogP contribution in [0.4, 0.5) is 0 Å². The van der Waals surface area contributed by atoms with Gasteiger partial charge in [-0.1, -0.05) is 13.3 Å². The second-order valence-corrected chi connectivity index (χ2v) is 3.36. The first-order valence-electron chi connectivity index (χ1n) is 4.58. The summed E-state index contributed by atoms with van der Waals surface area (Å²) in [4.78, 5) is 0. The Bertz CT molecular complexity index is 108. The molecule has 0 saturated carbocycles. The summed E-state index contributed by atoms with van der Waals surface area (Å²) in [6, 6.07) is 0. The van der Waals surface area contributed by atoms with Crippen molar-refractivity contribution in [1.29, 1.82) is 0 Å². The first kappa shape index (κ1) is 9.01. The second-order valence-electron chi connectivity index (χ2n) is 3.36. The van der Waals surface area contributed by atoms with Crippen LogP contribution in [0.1, 0.15) is 39.0 Å². The Morgan fingerprint density at radius 2 is 2.18 bits per heavy atom. The van der Waals surface area contributed by atoms with E-state index in [0.717, 1.165) is 25.9 Å². The zero-order valence-corrected chi connectivity index (χ0v) is 7.31. The molecule has 0 aliphatic carbocycles. The third kappa shape index (κ3) is 2.17. The lowest BCUT2D eigenvalue weighted by Crippen LogP contribution is -2.43. The predicted octanol–water partition coefficient (Wildman–Crippen LogP) is 1.72. The number of hydrogen-bond donors (Lipinski definition) is 1. The molecule has 2 nitrogen and oxygen atoms in total. The molecule has 1 heterocycles. The minimum Gasteiger partial charge on any atom is -0.396 e. The van der Waals surface area contributed by atoms with Crippen LogP contribution in [0.2, 0.25) is 0 Å². The molecule has 1 fully saturated rings. The molecule has 0 bridgehead atoms. The molecular formula is C9H18O2. The van der Waals surface area contributed by atoms with Crippen molar-refractivity contribution in [3.8, 4) is 0 Å². The molecule has 11 heavy (non-hydrogen) atoms. The van der Waals surface area contributed by atoms with Crippen molar-refractivity contribution in [2.45, 2.75) is 44.6 Å². The highest BCUT2D eigenvalue weighted by Crippen LogP contribution is 2.35. The quantitative estimate of drug-likeness (QED) is 0.660. The van der Waals surface area contributed by atoms with Gasteiger partial charge in [-0.05, 0) is 25.7 Å². The van der Waals surface area contributed by atoms with Gasteiger partial charge in [-0.2, -0.15) is 0 Å². The molecule has 0 aromatic rings. The lowest BCUT2D eigenvalue weighted by molar-refractivity contribution is -0.157. The maximum absolute atomic E-state index is 8.66. The third-order valence-corrected chi connectivity index (χ3v) is 2.46. The molecule has 2 heteroatoms. The summed E-state index contributed by atoms with van der Waals surface area (Å²) in [5, 5.41) is 8.66. The van der Waals surface area contributed by atoms with Gasteiger partial charge >= 0.3 is 0 Å². The number of aliphatic hydroxyl groups is 1. The highest BCUT2D eigenvalue weighted by Gasteiger charge is 2.36. The van der Waals surface area contributed by atoms with E-state index in [1.165, 1.54) is 12.8 Å². The molecule has 1 aliphatic heterocycles. The zero-order chi connectivity index (χ0) is 8.16. The van der Waals surface area contributed by atoms with Gasteiger partial charge in [0.15, 0.2) is 0 Å². The average molecular weight is 158 g/mol. The van der Waals surface area contributed by atoms with E-state index in [2.05, 4.69) is 6.92 Å². The van der Waals surface area contributed by atoms with Crippen LogP contribution in [0.15, 0.2) is 0 Å².